The molecule has 9 heteroatoms. The Morgan fingerprint density at radius 2 is 2.03 bits per heavy atom. The van der Waals surface area contributed by atoms with Crippen LogP contribution in [0.1, 0.15) is 50.4 Å². The highest BCUT2D eigenvalue weighted by Gasteiger charge is 2.18. The van der Waals surface area contributed by atoms with Gasteiger partial charge in [0.25, 0.3) is 0 Å². The van der Waals surface area contributed by atoms with Gasteiger partial charge in [-0.3, -0.25) is 4.79 Å². The number of hydrogen-bond acceptors (Lipinski definition) is 8. The average molecular weight is 521 g/mol. The van der Waals surface area contributed by atoms with Gasteiger partial charge in [-0.05, 0) is 62.5 Å². The third-order valence-corrected chi connectivity index (χ3v) is 7.51. The second-order valence-corrected chi connectivity index (χ2v) is 10.00. The van der Waals surface area contributed by atoms with E-state index in [1.165, 1.54) is 0 Å². The molecule has 0 aliphatic carbocycles. The predicted molar refractivity (Wildman–Crippen MR) is 150 cm³/mol. The van der Waals surface area contributed by atoms with Gasteiger partial charge in [-0.15, -0.1) is 11.3 Å². The number of nitrogens with zero attached hydrogens (tertiary/aromatic N) is 5. The summed E-state index contributed by atoms with van der Waals surface area (Å²) in [5, 5.41) is 9.90. The van der Waals surface area contributed by atoms with E-state index in [2.05, 4.69) is 42.2 Å². The molecule has 8 nitrogen and oxygen atoms in total. The van der Waals surface area contributed by atoms with Crippen molar-refractivity contribution in [1.29, 1.82) is 0 Å². The molecular formula is C28H36N6O2S. The van der Waals surface area contributed by atoms with Crippen LogP contribution in [-0.2, 0) is 4.74 Å². The topological polar surface area (TPSA) is 84.7 Å². The van der Waals surface area contributed by atoms with Crippen LogP contribution in [0.2, 0.25) is 0 Å². The molecule has 0 fully saturated rings. The number of methoxy groups -OCH3 is 1. The van der Waals surface area contributed by atoms with Crippen molar-refractivity contribution < 1.29 is 9.53 Å². The summed E-state index contributed by atoms with van der Waals surface area (Å²) in [6.07, 6.45) is 5.83. The summed E-state index contributed by atoms with van der Waals surface area (Å²) in [6, 6.07) is 10.1. The first-order valence-electron chi connectivity index (χ1n) is 12.9. The Bertz CT molecular complexity index is 1300. The number of ketones is 1. The van der Waals surface area contributed by atoms with Crippen molar-refractivity contribution in [2.24, 2.45) is 0 Å². The van der Waals surface area contributed by atoms with Gasteiger partial charge in [0.2, 0.25) is 0 Å². The minimum Gasteiger partial charge on any atom is -0.385 e. The zero-order valence-electron chi connectivity index (χ0n) is 22.1. The lowest BCUT2D eigenvalue weighted by Gasteiger charge is -2.26. The molecule has 37 heavy (non-hydrogen) atoms. The molecule has 4 aromatic heterocycles. The number of thiophene rings is 1. The van der Waals surface area contributed by atoms with Crippen LogP contribution >= 0.6 is 11.3 Å². The highest BCUT2D eigenvalue weighted by molar-refractivity contribution is 7.13. The van der Waals surface area contributed by atoms with Gasteiger partial charge in [0, 0.05) is 44.5 Å². The maximum Gasteiger partial charge on any atom is 0.165 e. The smallest absolute Gasteiger partial charge is 0.165 e. The zero-order valence-corrected chi connectivity index (χ0v) is 22.9. The minimum atomic E-state index is 0.117. The molecular weight excluding hydrogens is 484 g/mol. The molecule has 0 spiro atoms. The standard InChI is InChI=1S/C28H36N6O2S/c1-5-33(6-2)20(3)10-11-25(35)21-17-24(31-27(18-21)29-13-8-15-36-4)22-19-30-34-14-12-23(32-28(22)34)26-9-7-16-37-26/h7,9,12,14,16-20H,5-6,8,10-11,13,15H2,1-4H3,(H,29,31)/t20-/m0/s1. The average Bonchev–Trinajstić information content (AvgIpc) is 3.60. The van der Waals surface area contributed by atoms with Crippen LogP contribution in [0.5, 0.6) is 0 Å². The van der Waals surface area contributed by atoms with Gasteiger partial charge >= 0.3 is 0 Å². The normalized spacial score (nSPS) is 12.4. The third kappa shape index (κ3) is 6.60. The molecule has 1 N–H and O–H groups in total. The number of nitrogens with one attached hydrogen (secondary N) is 1. The van der Waals surface area contributed by atoms with E-state index in [1.54, 1.807) is 29.2 Å². The van der Waals surface area contributed by atoms with E-state index in [-0.39, 0.29) is 5.78 Å². The number of pyridine rings is 1. The Morgan fingerprint density at radius 3 is 2.76 bits per heavy atom. The lowest BCUT2D eigenvalue weighted by molar-refractivity contribution is 0.0964. The van der Waals surface area contributed by atoms with Crippen LogP contribution in [0.4, 0.5) is 5.82 Å². The first kappa shape index (κ1) is 26.9. The minimum absolute atomic E-state index is 0.117. The number of carbonyl (C=O) groups is 1. The van der Waals surface area contributed by atoms with E-state index in [9.17, 15) is 4.79 Å². The molecule has 0 unspecified atom stereocenters. The van der Waals surface area contributed by atoms with Gasteiger partial charge in [0.1, 0.15) is 5.82 Å². The van der Waals surface area contributed by atoms with Crippen molar-refractivity contribution in [1.82, 2.24) is 24.5 Å². The van der Waals surface area contributed by atoms with Crippen LogP contribution < -0.4 is 5.32 Å². The first-order chi connectivity index (χ1) is 18.0. The Hall–Kier alpha value is -3.14. The van der Waals surface area contributed by atoms with Gasteiger partial charge in [0.15, 0.2) is 11.4 Å². The Balaban J connectivity index is 1.65. The van der Waals surface area contributed by atoms with E-state index >= 15 is 0 Å². The summed E-state index contributed by atoms with van der Waals surface area (Å²) < 4.78 is 6.92. The number of hydrogen-bond donors (Lipinski definition) is 1. The summed E-state index contributed by atoms with van der Waals surface area (Å²) in [6.45, 7) is 9.83. The molecule has 0 aliphatic rings. The van der Waals surface area contributed by atoms with E-state index < -0.39 is 0 Å². The van der Waals surface area contributed by atoms with Crippen molar-refractivity contribution in [2.45, 2.75) is 46.1 Å². The fourth-order valence-corrected chi connectivity index (χ4v) is 5.17. The third-order valence-electron chi connectivity index (χ3n) is 6.62. The summed E-state index contributed by atoms with van der Waals surface area (Å²) >= 11 is 1.65. The van der Waals surface area contributed by atoms with Crippen molar-refractivity contribution >= 4 is 28.6 Å². The number of rotatable bonds is 14. The summed E-state index contributed by atoms with van der Waals surface area (Å²) in [5.41, 5.74) is 3.73. The largest absolute Gasteiger partial charge is 0.385 e. The molecule has 0 saturated heterocycles. The molecule has 0 amide bonds. The molecule has 0 aliphatic heterocycles. The van der Waals surface area contributed by atoms with Crippen LogP contribution in [0.3, 0.4) is 0 Å². The fourth-order valence-electron chi connectivity index (χ4n) is 4.48. The molecule has 0 radical (unpaired) electrons. The van der Waals surface area contributed by atoms with E-state index in [0.29, 0.717) is 48.3 Å². The van der Waals surface area contributed by atoms with Crippen LogP contribution in [0.15, 0.2) is 48.1 Å². The molecule has 0 saturated carbocycles. The summed E-state index contributed by atoms with van der Waals surface area (Å²) in [5.74, 6) is 0.786. The SMILES string of the molecule is CCN(CC)[C@@H](C)CCC(=O)c1cc(NCCCOC)nc(-c2cnn3ccc(-c4cccs4)nc23)c1. The van der Waals surface area contributed by atoms with Crippen LogP contribution in [-0.4, -0.2) is 69.7 Å². The molecule has 4 rings (SSSR count). The summed E-state index contributed by atoms with van der Waals surface area (Å²) in [4.78, 5) is 26.5. The zero-order chi connectivity index (χ0) is 26.2. The van der Waals surface area contributed by atoms with Crippen molar-refractivity contribution in [2.75, 3.05) is 38.7 Å². The molecule has 0 bridgehead atoms. The van der Waals surface area contributed by atoms with E-state index in [4.69, 9.17) is 14.7 Å². The molecule has 1 atom stereocenters. The molecule has 4 heterocycles. The Labute approximate surface area is 222 Å². The second-order valence-electron chi connectivity index (χ2n) is 9.05. The van der Waals surface area contributed by atoms with Crippen LogP contribution in [0.25, 0.3) is 27.5 Å². The first-order valence-corrected chi connectivity index (χ1v) is 13.8. The molecule has 196 valence electrons. The summed E-state index contributed by atoms with van der Waals surface area (Å²) in [7, 11) is 1.69. The predicted octanol–water partition coefficient (Wildman–Crippen LogP) is 5.66. The maximum atomic E-state index is 13.3. The fraction of sp³-hybridized carbons (Fsp3) is 0.429. The van der Waals surface area contributed by atoms with Crippen molar-refractivity contribution in [3.05, 3.63) is 53.7 Å². The van der Waals surface area contributed by atoms with Crippen molar-refractivity contribution in [3.8, 4) is 21.8 Å². The van der Waals surface area contributed by atoms with Gasteiger partial charge in [-0.25, -0.2) is 14.5 Å². The number of Topliss-reactive ketones (excluding diaryl/α,β-unsaturated/α-hetero) is 1. The number of carbonyl (C=O) groups excluding carboxylic acids is 1. The van der Waals surface area contributed by atoms with Crippen LogP contribution in [0, 0.1) is 0 Å². The van der Waals surface area contributed by atoms with Gasteiger partial charge < -0.3 is 15.0 Å². The highest BCUT2D eigenvalue weighted by Crippen LogP contribution is 2.28. The monoisotopic (exact) mass is 520 g/mol. The lowest BCUT2D eigenvalue weighted by atomic mass is 10.0. The number of fused-ring (bicyclic) bond motifs is 1. The van der Waals surface area contributed by atoms with Gasteiger partial charge in [-0.2, -0.15) is 5.10 Å². The maximum absolute atomic E-state index is 13.3. The van der Waals surface area contributed by atoms with E-state index in [0.717, 1.165) is 42.1 Å². The molecule has 4 aromatic rings. The quantitative estimate of drug-likeness (QED) is 0.170. The second kappa shape index (κ2) is 12.9. The van der Waals surface area contributed by atoms with E-state index in [1.807, 2.05) is 35.8 Å². The van der Waals surface area contributed by atoms with Gasteiger partial charge in [-0.1, -0.05) is 19.9 Å². The number of ether oxygens (including phenoxy) is 1. The van der Waals surface area contributed by atoms with Gasteiger partial charge in [0.05, 0.1) is 28.0 Å². The van der Waals surface area contributed by atoms with Crippen molar-refractivity contribution in [3.63, 3.8) is 0 Å². The number of aromatic nitrogens is 4. The number of anilines is 1. The molecule has 0 aromatic carbocycles. The highest BCUT2D eigenvalue weighted by atomic mass is 32.1. The Morgan fingerprint density at radius 1 is 1.19 bits per heavy atom. The lowest BCUT2D eigenvalue weighted by Crippen LogP contribution is -2.33. The Kier molecular flexibility index (Phi) is 9.38.